The van der Waals surface area contributed by atoms with E-state index in [4.69, 9.17) is 35.2 Å². The van der Waals surface area contributed by atoms with Gasteiger partial charge in [-0.15, -0.1) is 0 Å². The molecule has 0 heterocycles. The average molecular weight is 449 g/mol. The number of hydrogen-bond acceptors (Lipinski definition) is 9. The van der Waals surface area contributed by atoms with Crippen molar-refractivity contribution in [3.8, 4) is 0 Å². The Bertz CT molecular complexity index is 456. The number of carbonyl (C=O) groups is 2. The summed E-state index contributed by atoms with van der Waals surface area (Å²) in [5.41, 5.74) is 10.8. The second-order valence-corrected chi connectivity index (χ2v) is 8.25. The molecular formula is C22H44N2O7. The third-order valence-electron chi connectivity index (χ3n) is 4.08. The molecule has 0 aliphatic carbocycles. The van der Waals surface area contributed by atoms with Crippen LogP contribution in [0.1, 0.15) is 59.3 Å². The molecule has 31 heavy (non-hydrogen) atoms. The summed E-state index contributed by atoms with van der Waals surface area (Å²) < 4.78 is 26.8. The number of ether oxygens (including phenoxy) is 5. The lowest BCUT2D eigenvalue weighted by atomic mass is 10.0. The van der Waals surface area contributed by atoms with Crippen LogP contribution in [0.4, 0.5) is 0 Å². The zero-order chi connectivity index (χ0) is 23.4. The molecule has 0 aliphatic rings. The Morgan fingerprint density at radius 3 is 1.77 bits per heavy atom. The summed E-state index contributed by atoms with van der Waals surface area (Å²) in [4.78, 5) is 23.3. The van der Waals surface area contributed by atoms with Crippen LogP contribution in [0.15, 0.2) is 0 Å². The molecule has 9 heteroatoms. The number of carbonyl (C=O) groups excluding carboxylic acids is 2. The Morgan fingerprint density at radius 2 is 1.26 bits per heavy atom. The van der Waals surface area contributed by atoms with Crippen LogP contribution in [-0.4, -0.2) is 82.8 Å². The summed E-state index contributed by atoms with van der Waals surface area (Å²) in [6.07, 6.45) is 3.83. The topological polar surface area (TPSA) is 132 Å². The Balaban J connectivity index is 3.30. The van der Waals surface area contributed by atoms with Crippen LogP contribution >= 0.6 is 0 Å². The van der Waals surface area contributed by atoms with Gasteiger partial charge in [0.15, 0.2) is 0 Å². The fourth-order valence-electron chi connectivity index (χ4n) is 2.51. The number of esters is 1. The van der Waals surface area contributed by atoms with Crippen LogP contribution in [-0.2, 0) is 33.3 Å². The van der Waals surface area contributed by atoms with E-state index in [9.17, 15) is 9.59 Å². The van der Waals surface area contributed by atoms with Gasteiger partial charge in [-0.3, -0.25) is 9.59 Å². The first-order valence-corrected chi connectivity index (χ1v) is 11.3. The molecule has 1 atom stereocenters. The maximum atomic E-state index is 11.9. The molecule has 4 N–H and O–H groups in total. The molecule has 0 rings (SSSR count). The molecule has 184 valence electrons. The van der Waals surface area contributed by atoms with E-state index in [0.717, 1.165) is 12.8 Å². The van der Waals surface area contributed by atoms with Crippen molar-refractivity contribution in [1.82, 2.24) is 0 Å². The highest BCUT2D eigenvalue weighted by atomic mass is 16.6. The number of nitrogens with two attached hydrogens (primary N) is 2. The average Bonchev–Trinajstić information content (AvgIpc) is 2.69. The van der Waals surface area contributed by atoms with Crippen molar-refractivity contribution in [2.24, 2.45) is 11.5 Å². The number of Topliss-reactive ketones (excluding diaryl/α,β-unsaturated/α-hetero) is 1. The van der Waals surface area contributed by atoms with Gasteiger partial charge >= 0.3 is 5.97 Å². The van der Waals surface area contributed by atoms with Crippen LogP contribution in [0.25, 0.3) is 0 Å². The summed E-state index contributed by atoms with van der Waals surface area (Å²) in [6, 6.07) is -0.384. The Labute approximate surface area is 187 Å². The lowest BCUT2D eigenvalue weighted by Gasteiger charge is -2.19. The van der Waals surface area contributed by atoms with Gasteiger partial charge in [-0.2, -0.15) is 0 Å². The summed E-state index contributed by atoms with van der Waals surface area (Å²) in [5, 5.41) is 0. The van der Waals surface area contributed by atoms with E-state index in [1.807, 2.05) is 20.8 Å². The first-order chi connectivity index (χ1) is 14.8. The van der Waals surface area contributed by atoms with Crippen molar-refractivity contribution in [2.45, 2.75) is 70.9 Å². The van der Waals surface area contributed by atoms with Crippen LogP contribution in [0, 0.1) is 0 Å². The lowest BCUT2D eigenvalue weighted by molar-refractivity contribution is -0.156. The smallest absolute Gasteiger partial charge is 0.308 e. The van der Waals surface area contributed by atoms with Gasteiger partial charge in [-0.1, -0.05) is 6.42 Å². The fourth-order valence-corrected chi connectivity index (χ4v) is 2.51. The first kappa shape index (κ1) is 29.9. The zero-order valence-electron chi connectivity index (χ0n) is 19.7. The van der Waals surface area contributed by atoms with Crippen molar-refractivity contribution < 1.29 is 33.3 Å². The summed E-state index contributed by atoms with van der Waals surface area (Å²) in [7, 11) is 0. The van der Waals surface area contributed by atoms with Gasteiger partial charge in [0.2, 0.25) is 0 Å². The quantitative estimate of drug-likeness (QED) is 0.198. The maximum Gasteiger partial charge on any atom is 0.308 e. The van der Waals surface area contributed by atoms with Crippen LogP contribution in [0.2, 0.25) is 0 Å². The van der Waals surface area contributed by atoms with Gasteiger partial charge in [0.05, 0.1) is 58.7 Å². The summed E-state index contributed by atoms with van der Waals surface area (Å²) in [6.45, 7) is 9.71. The van der Waals surface area contributed by atoms with E-state index in [1.165, 1.54) is 0 Å². The van der Waals surface area contributed by atoms with E-state index < -0.39 is 5.60 Å². The monoisotopic (exact) mass is 448 g/mol. The molecule has 0 fully saturated rings. The van der Waals surface area contributed by atoms with Gasteiger partial charge in [0.25, 0.3) is 0 Å². The molecule has 0 bridgehead atoms. The third kappa shape index (κ3) is 21.9. The van der Waals surface area contributed by atoms with Gasteiger partial charge in [-0.25, -0.2) is 0 Å². The number of unbranched alkanes of at least 4 members (excludes halogenated alkanes) is 1. The minimum absolute atomic E-state index is 0.0860. The molecule has 0 radical (unpaired) electrons. The highest BCUT2D eigenvalue weighted by Crippen LogP contribution is 2.08. The predicted octanol–water partition coefficient (Wildman–Crippen LogP) is 1.59. The molecule has 0 spiro atoms. The second kappa shape index (κ2) is 19.6. The molecule has 0 aliphatic heterocycles. The summed E-state index contributed by atoms with van der Waals surface area (Å²) in [5.74, 6) is -0.180. The molecule has 0 aromatic rings. The minimum Gasteiger partial charge on any atom is -0.460 e. The second-order valence-electron chi connectivity index (χ2n) is 8.25. The molecule has 0 saturated heterocycles. The van der Waals surface area contributed by atoms with Crippen molar-refractivity contribution in [3.05, 3.63) is 0 Å². The third-order valence-corrected chi connectivity index (χ3v) is 4.08. The number of ketones is 1. The SMILES string of the molecule is CC(C)(C)OC(=O)CCOCCOCCOCCOCCCC(=O)C(N)CCCCN. The van der Waals surface area contributed by atoms with Crippen molar-refractivity contribution in [2.75, 3.05) is 59.4 Å². The van der Waals surface area contributed by atoms with Gasteiger partial charge in [-0.05, 0) is 46.6 Å². The Kier molecular flexibility index (Phi) is 18.9. The largest absolute Gasteiger partial charge is 0.460 e. The molecule has 1 unspecified atom stereocenters. The van der Waals surface area contributed by atoms with Gasteiger partial charge < -0.3 is 35.2 Å². The van der Waals surface area contributed by atoms with Gasteiger partial charge in [0, 0.05) is 13.0 Å². The maximum absolute atomic E-state index is 11.9. The van der Waals surface area contributed by atoms with E-state index in [1.54, 1.807) is 0 Å². The Hall–Kier alpha value is -1.10. The molecule has 0 aromatic carbocycles. The van der Waals surface area contributed by atoms with Gasteiger partial charge in [0.1, 0.15) is 11.4 Å². The predicted molar refractivity (Wildman–Crippen MR) is 119 cm³/mol. The van der Waals surface area contributed by atoms with Crippen molar-refractivity contribution in [3.63, 3.8) is 0 Å². The van der Waals surface area contributed by atoms with E-state index in [-0.39, 0.29) is 24.2 Å². The molecule has 0 amide bonds. The highest BCUT2D eigenvalue weighted by Gasteiger charge is 2.15. The first-order valence-electron chi connectivity index (χ1n) is 11.3. The van der Waals surface area contributed by atoms with Crippen LogP contribution in [0.5, 0.6) is 0 Å². The molecular weight excluding hydrogens is 404 g/mol. The molecule has 9 nitrogen and oxygen atoms in total. The van der Waals surface area contributed by atoms with Crippen LogP contribution < -0.4 is 11.5 Å². The minimum atomic E-state index is -0.470. The summed E-state index contributed by atoms with van der Waals surface area (Å²) >= 11 is 0. The fraction of sp³-hybridized carbons (Fsp3) is 0.909. The van der Waals surface area contributed by atoms with E-state index in [2.05, 4.69) is 0 Å². The zero-order valence-corrected chi connectivity index (χ0v) is 19.7. The van der Waals surface area contributed by atoms with E-state index in [0.29, 0.717) is 78.7 Å². The normalized spacial score (nSPS) is 12.7. The highest BCUT2D eigenvalue weighted by molar-refractivity contribution is 5.83. The van der Waals surface area contributed by atoms with Crippen LogP contribution in [0.3, 0.4) is 0 Å². The number of hydrogen-bond donors (Lipinski definition) is 2. The van der Waals surface area contributed by atoms with E-state index >= 15 is 0 Å². The standard InChI is InChI=1S/C22H44N2O7/c1-22(2,3)31-21(26)9-12-28-14-16-30-18-17-29-15-13-27-11-6-8-20(25)19(24)7-4-5-10-23/h19H,4-18,23-24H2,1-3H3. The van der Waals surface area contributed by atoms with Crippen molar-refractivity contribution >= 4 is 11.8 Å². The lowest BCUT2D eigenvalue weighted by Crippen LogP contribution is -2.30. The Morgan fingerprint density at radius 1 is 0.742 bits per heavy atom. The van der Waals surface area contributed by atoms with Crippen molar-refractivity contribution in [1.29, 1.82) is 0 Å². The molecule has 0 aromatic heterocycles. The molecule has 0 saturated carbocycles. The number of rotatable bonds is 21.